The van der Waals surface area contributed by atoms with Crippen molar-refractivity contribution in [3.8, 4) is 0 Å². The van der Waals surface area contributed by atoms with Gasteiger partial charge in [0.05, 0.1) is 0 Å². The molecule has 0 radical (unpaired) electrons. The van der Waals surface area contributed by atoms with Crippen molar-refractivity contribution in [3.63, 3.8) is 0 Å². The Balaban J connectivity index is 1.34. The molecule has 3 aromatic rings. The van der Waals surface area contributed by atoms with E-state index < -0.39 is 0 Å². The quantitative estimate of drug-likeness (QED) is 0.754. The number of nitrogens with zero attached hydrogens (tertiary/aromatic N) is 1. The Morgan fingerprint density at radius 2 is 2.12 bits per heavy atom. The van der Waals surface area contributed by atoms with Crippen LogP contribution in [0.5, 0.6) is 0 Å². The van der Waals surface area contributed by atoms with Crippen molar-refractivity contribution >= 4 is 22.7 Å². The third-order valence-electron chi connectivity index (χ3n) is 4.53. The fraction of sp³-hybridized carbons (Fsp3) is 0.368. The Bertz CT molecular complexity index is 893. The van der Waals surface area contributed by atoms with Gasteiger partial charge in [0.2, 0.25) is 5.91 Å². The zero-order chi connectivity index (χ0) is 16.7. The maximum Gasteiger partial charge on any atom is 0.224 e. The van der Waals surface area contributed by atoms with Gasteiger partial charge in [-0.25, -0.2) is 4.98 Å². The average Bonchev–Trinajstić information content (AvgIpc) is 2.97. The van der Waals surface area contributed by atoms with Crippen molar-refractivity contribution in [3.05, 3.63) is 47.7 Å². The van der Waals surface area contributed by atoms with E-state index in [0.29, 0.717) is 30.2 Å². The van der Waals surface area contributed by atoms with Crippen molar-refractivity contribution in [2.75, 3.05) is 5.32 Å². The fourth-order valence-electron chi connectivity index (χ4n) is 3.02. The maximum absolute atomic E-state index is 12.1. The Kier molecular flexibility index (Phi) is 3.63. The lowest BCUT2D eigenvalue weighted by Gasteiger charge is -2.04. The number of nitrogens with one attached hydrogen (secondary N) is 1. The molecule has 0 aliphatic heterocycles. The highest BCUT2D eigenvalue weighted by molar-refractivity contribution is 5.92. The summed E-state index contributed by atoms with van der Waals surface area (Å²) in [5, 5.41) is 2.89. The normalized spacial score (nSPS) is 19.6. The lowest BCUT2D eigenvalue weighted by Crippen LogP contribution is -2.12. The first-order chi connectivity index (χ1) is 11.6. The summed E-state index contributed by atoms with van der Waals surface area (Å²) in [7, 11) is 0. The van der Waals surface area contributed by atoms with Crippen LogP contribution in [0.3, 0.4) is 0 Å². The molecule has 1 aliphatic rings. The zero-order valence-corrected chi connectivity index (χ0v) is 13.8. The van der Waals surface area contributed by atoms with E-state index in [4.69, 9.17) is 8.83 Å². The molecule has 2 heterocycles. The van der Waals surface area contributed by atoms with Crippen molar-refractivity contribution in [2.45, 2.75) is 39.0 Å². The Labute approximate surface area is 140 Å². The summed E-state index contributed by atoms with van der Waals surface area (Å²) >= 11 is 0. The number of carbonyl (C=O) groups excluding carboxylic acids is 1. The molecule has 1 aromatic carbocycles. The topological polar surface area (TPSA) is 68.3 Å². The first-order valence-corrected chi connectivity index (χ1v) is 8.34. The molecule has 0 unspecified atom stereocenters. The van der Waals surface area contributed by atoms with Crippen LogP contribution in [0.15, 0.2) is 39.2 Å². The van der Waals surface area contributed by atoms with Crippen molar-refractivity contribution in [1.82, 2.24) is 4.98 Å². The van der Waals surface area contributed by atoms with Crippen LogP contribution >= 0.6 is 0 Å². The van der Waals surface area contributed by atoms with Crippen molar-refractivity contribution in [1.29, 1.82) is 0 Å². The summed E-state index contributed by atoms with van der Waals surface area (Å²) in [6.07, 6.45) is 2.20. The van der Waals surface area contributed by atoms with Crippen LogP contribution in [0, 0.1) is 12.8 Å². The highest BCUT2D eigenvalue weighted by Crippen LogP contribution is 2.47. The van der Waals surface area contributed by atoms with E-state index in [0.717, 1.165) is 28.6 Å². The summed E-state index contributed by atoms with van der Waals surface area (Å²) in [6.45, 7) is 4.03. The molecule has 1 amide bonds. The minimum Gasteiger partial charge on any atom is -0.466 e. The standard InChI is InChI=1S/C19H20N2O3/c1-11-9-15(11)17-7-4-14(24-17)5-8-19(22)21-13-3-6-16-18(10-13)23-12(2)20-16/h3-4,6-7,10-11,15H,5,8-9H2,1-2H3,(H,21,22)/t11-,15+/m1/s1. The van der Waals surface area contributed by atoms with Gasteiger partial charge in [-0.05, 0) is 36.6 Å². The number of oxazole rings is 1. The largest absolute Gasteiger partial charge is 0.466 e. The summed E-state index contributed by atoms with van der Waals surface area (Å²) in [6, 6.07) is 9.50. The van der Waals surface area contributed by atoms with E-state index in [-0.39, 0.29) is 5.91 Å². The second kappa shape index (κ2) is 5.82. The second-order valence-corrected chi connectivity index (χ2v) is 6.59. The number of aryl methyl sites for hydroxylation is 2. The molecule has 0 spiro atoms. The number of benzene rings is 1. The van der Waals surface area contributed by atoms with Gasteiger partial charge in [-0.1, -0.05) is 6.92 Å². The fourth-order valence-corrected chi connectivity index (χ4v) is 3.02. The third kappa shape index (κ3) is 3.07. The molecule has 1 saturated carbocycles. The van der Waals surface area contributed by atoms with Crippen LogP contribution in [-0.4, -0.2) is 10.9 Å². The summed E-state index contributed by atoms with van der Waals surface area (Å²) < 4.78 is 11.3. The van der Waals surface area contributed by atoms with E-state index in [1.807, 2.05) is 24.3 Å². The van der Waals surface area contributed by atoms with Gasteiger partial charge in [0, 0.05) is 37.4 Å². The maximum atomic E-state index is 12.1. The lowest BCUT2D eigenvalue weighted by molar-refractivity contribution is -0.116. The van der Waals surface area contributed by atoms with E-state index in [1.54, 1.807) is 13.0 Å². The molecule has 24 heavy (non-hydrogen) atoms. The number of furan rings is 1. The third-order valence-corrected chi connectivity index (χ3v) is 4.53. The molecular weight excluding hydrogens is 304 g/mol. The van der Waals surface area contributed by atoms with Crippen molar-refractivity contribution < 1.29 is 13.6 Å². The van der Waals surface area contributed by atoms with Crippen molar-refractivity contribution in [2.24, 2.45) is 5.92 Å². The monoisotopic (exact) mass is 324 g/mol. The van der Waals surface area contributed by atoms with Crippen LogP contribution in [0.4, 0.5) is 5.69 Å². The van der Waals surface area contributed by atoms with E-state index in [1.165, 1.54) is 6.42 Å². The van der Waals surface area contributed by atoms with Gasteiger partial charge in [0.15, 0.2) is 11.5 Å². The molecule has 1 aliphatic carbocycles. The van der Waals surface area contributed by atoms with Crippen LogP contribution < -0.4 is 5.32 Å². The number of anilines is 1. The SMILES string of the molecule is Cc1nc2ccc(NC(=O)CCc3ccc([C@H]4C[C@H]4C)o3)cc2o1. The van der Waals surface area contributed by atoms with Crippen LogP contribution in [0.2, 0.25) is 0 Å². The lowest BCUT2D eigenvalue weighted by atomic mass is 10.2. The van der Waals surface area contributed by atoms with Gasteiger partial charge >= 0.3 is 0 Å². The minimum atomic E-state index is -0.0386. The predicted molar refractivity (Wildman–Crippen MR) is 90.9 cm³/mol. The first-order valence-electron chi connectivity index (χ1n) is 8.34. The van der Waals surface area contributed by atoms with E-state index >= 15 is 0 Å². The van der Waals surface area contributed by atoms with Gasteiger partial charge in [0.25, 0.3) is 0 Å². The van der Waals surface area contributed by atoms with Crippen LogP contribution in [0.1, 0.15) is 43.1 Å². The smallest absolute Gasteiger partial charge is 0.224 e. The molecule has 5 nitrogen and oxygen atoms in total. The molecule has 1 N–H and O–H groups in total. The predicted octanol–water partition coefficient (Wildman–Crippen LogP) is 4.42. The average molecular weight is 324 g/mol. The molecule has 2 atom stereocenters. The Morgan fingerprint density at radius 1 is 1.29 bits per heavy atom. The molecule has 4 rings (SSSR count). The number of carbonyl (C=O) groups is 1. The van der Waals surface area contributed by atoms with E-state index in [9.17, 15) is 4.79 Å². The Morgan fingerprint density at radius 3 is 2.92 bits per heavy atom. The zero-order valence-electron chi connectivity index (χ0n) is 13.8. The summed E-state index contributed by atoms with van der Waals surface area (Å²) in [5.74, 6) is 3.81. The molecular formula is C19H20N2O3. The van der Waals surface area contributed by atoms with E-state index in [2.05, 4.69) is 17.2 Å². The molecule has 0 saturated heterocycles. The minimum absolute atomic E-state index is 0.0386. The van der Waals surface area contributed by atoms with Gasteiger partial charge in [-0.3, -0.25) is 4.79 Å². The summed E-state index contributed by atoms with van der Waals surface area (Å²) in [5.41, 5.74) is 2.19. The molecule has 1 fully saturated rings. The Hall–Kier alpha value is -2.56. The number of rotatable bonds is 5. The highest BCUT2D eigenvalue weighted by atomic mass is 16.3. The molecule has 2 aromatic heterocycles. The molecule has 5 heteroatoms. The van der Waals surface area contributed by atoms with Gasteiger partial charge in [-0.2, -0.15) is 0 Å². The number of hydrogen-bond acceptors (Lipinski definition) is 4. The first kappa shape index (κ1) is 15.0. The van der Waals surface area contributed by atoms with Crippen LogP contribution in [-0.2, 0) is 11.2 Å². The molecule has 124 valence electrons. The number of fused-ring (bicyclic) bond motifs is 1. The van der Waals surface area contributed by atoms with Gasteiger partial charge in [0.1, 0.15) is 17.0 Å². The van der Waals surface area contributed by atoms with Gasteiger partial charge < -0.3 is 14.2 Å². The second-order valence-electron chi connectivity index (χ2n) is 6.59. The highest BCUT2D eigenvalue weighted by Gasteiger charge is 2.36. The van der Waals surface area contributed by atoms with Gasteiger partial charge in [-0.15, -0.1) is 0 Å². The molecule has 0 bridgehead atoms. The number of hydrogen-bond donors (Lipinski definition) is 1. The summed E-state index contributed by atoms with van der Waals surface area (Å²) in [4.78, 5) is 16.4. The number of aromatic nitrogens is 1. The number of amides is 1. The van der Waals surface area contributed by atoms with Crippen LogP contribution in [0.25, 0.3) is 11.1 Å².